The lowest BCUT2D eigenvalue weighted by molar-refractivity contribution is 0.112. The molecule has 0 amide bonds. The summed E-state index contributed by atoms with van der Waals surface area (Å²) in [5.41, 5.74) is 1.08. The van der Waals surface area contributed by atoms with Crippen molar-refractivity contribution >= 4 is 28.3 Å². The highest BCUT2D eigenvalue weighted by molar-refractivity contribution is 7.17. The SMILES string of the molecule is O=Cc1ccc(N2CCCOc3ccccc32)s1. The number of hydrogen-bond donors (Lipinski definition) is 0. The van der Waals surface area contributed by atoms with E-state index in [1.807, 2.05) is 30.3 Å². The van der Waals surface area contributed by atoms with Gasteiger partial charge in [0.2, 0.25) is 0 Å². The van der Waals surface area contributed by atoms with E-state index in [2.05, 4.69) is 11.0 Å². The summed E-state index contributed by atoms with van der Waals surface area (Å²) in [5.74, 6) is 0.913. The summed E-state index contributed by atoms with van der Waals surface area (Å²) >= 11 is 1.51. The molecule has 18 heavy (non-hydrogen) atoms. The van der Waals surface area contributed by atoms with Crippen LogP contribution in [0.1, 0.15) is 16.1 Å². The average molecular weight is 259 g/mol. The van der Waals surface area contributed by atoms with Gasteiger partial charge in [-0.05, 0) is 30.7 Å². The molecular weight excluding hydrogens is 246 g/mol. The number of benzene rings is 1. The van der Waals surface area contributed by atoms with E-state index in [0.717, 1.165) is 47.2 Å². The minimum atomic E-state index is 0.736. The monoisotopic (exact) mass is 259 g/mol. The van der Waals surface area contributed by atoms with Gasteiger partial charge in [-0.25, -0.2) is 0 Å². The van der Waals surface area contributed by atoms with Crippen LogP contribution < -0.4 is 9.64 Å². The van der Waals surface area contributed by atoms with Crippen LogP contribution in [-0.4, -0.2) is 19.4 Å². The Bertz CT molecular complexity index is 564. The van der Waals surface area contributed by atoms with Crippen LogP contribution in [0.2, 0.25) is 0 Å². The zero-order valence-electron chi connectivity index (χ0n) is 9.83. The third-order valence-electron chi connectivity index (χ3n) is 2.93. The number of anilines is 2. The van der Waals surface area contributed by atoms with Crippen molar-refractivity contribution in [2.45, 2.75) is 6.42 Å². The standard InChI is InChI=1S/C14H13NO2S/c16-10-11-6-7-14(18-11)15-8-3-9-17-13-5-2-1-4-12(13)15/h1-2,4-7,10H,3,8-9H2. The largest absolute Gasteiger partial charge is 0.491 e. The van der Waals surface area contributed by atoms with E-state index in [1.54, 1.807) is 0 Å². The van der Waals surface area contributed by atoms with Crippen LogP contribution in [0, 0.1) is 0 Å². The second-order valence-corrected chi connectivity index (χ2v) is 5.21. The van der Waals surface area contributed by atoms with Crippen molar-refractivity contribution in [3.05, 3.63) is 41.3 Å². The van der Waals surface area contributed by atoms with E-state index in [9.17, 15) is 4.79 Å². The van der Waals surface area contributed by atoms with Crippen molar-refractivity contribution in [2.75, 3.05) is 18.1 Å². The van der Waals surface area contributed by atoms with Gasteiger partial charge in [0.25, 0.3) is 0 Å². The number of rotatable bonds is 2. The first-order valence-electron chi connectivity index (χ1n) is 5.93. The molecule has 1 aromatic heterocycles. The highest BCUT2D eigenvalue weighted by Crippen LogP contribution is 2.38. The molecule has 2 heterocycles. The second kappa shape index (κ2) is 4.82. The van der Waals surface area contributed by atoms with Crippen LogP contribution in [0.25, 0.3) is 0 Å². The first-order valence-corrected chi connectivity index (χ1v) is 6.74. The van der Waals surface area contributed by atoms with Crippen LogP contribution in [-0.2, 0) is 0 Å². The second-order valence-electron chi connectivity index (χ2n) is 4.12. The molecule has 0 N–H and O–H groups in total. The van der Waals surface area contributed by atoms with Gasteiger partial charge >= 0.3 is 0 Å². The third-order valence-corrected chi connectivity index (χ3v) is 3.97. The zero-order chi connectivity index (χ0) is 12.4. The topological polar surface area (TPSA) is 29.5 Å². The maximum absolute atomic E-state index is 10.8. The van der Waals surface area contributed by atoms with E-state index in [-0.39, 0.29) is 0 Å². The molecule has 3 nitrogen and oxygen atoms in total. The van der Waals surface area contributed by atoms with Crippen LogP contribution in [0.3, 0.4) is 0 Å². The highest BCUT2D eigenvalue weighted by Gasteiger charge is 2.18. The Kier molecular flexibility index (Phi) is 3.02. The first kappa shape index (κ1) is 11.3. The fourth-order valence-electron chi connectivity index (χ4n) is 2.11. The maximum Gasteiger partial charge on any atom is 0.160 e. The number of para-hydroxylation sites is 2. The quantitative estimate of drug-likeness (QED) is 0.773. The molecule has 0 radical (unpaired) electrons. The molecule has 0 fully saturated rings. The van der Waals surface area contributed by atoms with Crippen molar-refractivity contribution in [1.82, 2.24) is 0 Å². The van der Waals surface area contributed by atoms with Gasteiger partial charge in [-0.1, -0.05) is 12.1 Å². The lowest BCUT2D eigenvalue weighted by atomic mass is 10.2. The summed E-state index contributed by atoms with van der Waals surface area (Å²) in [6.45, 7) is 1.65. The van der Waals surface area contributed by atoms with Gasteiger partial charge in [-0.3, -0.25) is 4.79 Å². The number of hydrogen-bond acceptors (Lipinski definition) is 4. The minimum absolute atomic E-state index is 0.736. The van der Waals surface area contributed by atoms with Gasteiger partial charge in [0, 0.05) is 6.54 Å². The van der Waals surface area contributed by atoms with Crippen molar-refractivity contribution < 1.29 is 9.53 Å². The lowest BCUT2D eigenvalue weighted by Gasteiger charge is -2.21. The Morgan fingerprint density at radius 2 is 2.11 bits per heavy atom. The van der Waals surface area contributed by atoms with Gasteiger partial charge in [-0.15, -0.1) is 11.3 Å². The van der Waals surface area contributed by atoms with Crippen molar-refractivity contribution in [1.29, 1.82) is 0 Å². The molecule has 1 aliphatic rings. The fraction of sp³-hybridized carbons (Fsp3) is 0.214. The zero-order valence-corrected chi connectivity index (χ0v) is 10.7. The number of thiophene rings is 1. The Labute approximate surface area is 110 Å². The highest BCUT2D eigenvalue weighted by atomic mass is 32.1. The van der Waals surface area contributed by atoms with E-state index in [1.165, 1.54) is 11.3 Å². The normalized spacial score (nSPS) is 14.6. The van der Waals surface area contributed by atoms with Gasteiger partial charge < -0.3 is 9.64 Å². The molecule has 2 aromatic rings. The minimum Gasteiger partial charge on any atom is -0.491 e. The average Bonchev–Trinajstić information content (AvgIpc) is 2.78. The molecule has 0 atom stereocenters. The molecule has 0 spiro atoms. The van der Waals surface area contributed by atoms with Crippen LogP contribution in [0.5, 0.6) is 5.75 Å². The number of fused-ring (bicyclic) bond motifs is 1. The molecule has 3 rings (SSSR count). The van der Waals surface area contributed by atoms with Crippen LogP contribution in [0.15, 0.2) is 36.4 Å². The van der Waals surface area contributed by atoms with Gasteiger partial charge in [0.05, 0.1) is 22.2 Å². The number of carbonyl (C=O) groups excluding carboxylic acids is 1. The fourth-order valence-corrected chi connectivity index (χ4v) is 2.97. The molecule has 0 bridgehead atoms. The summed E-state index contributed by atoms with van der Waals surface area (Å²) < 4.78 is 5.73. The third kappa shape index (κ3) is 1.99. The van der Waals surface area contributed by atoms with Gasteiger partial charge in [0.1, 0.15) is 5.75 Å². The van der Waals surface area contributed by atoms with Crippen LogP contribution >= 0.6 is 11.3 Å². The van der Waals surface area contributed by atoms with Crippen molar-refractivity contribution in [3.8, 4) is 5.75 Å². The molecule has 0 aliphatic carbocycles. The lowest BCUT2D eigenvalue weighted by Crippen LogP contribution is -2.16. The molecule has 0 saturated heterocycles. The molecular formula is C14H13NO2S. The van der Waals surface area contributed by atoms with E-state index >= 15 is 0 Å². The number of carbonyl (C=O) groups is 1. The van der Waals surface area contributed by atoms with Gasteiger partial charge in [0.15, 0.2) is 6.29 Å². The predicted octanol–water partition coefficient (Wildman–Crippen LogP) is 3.48. The van der Waals surface area contributed by atoms with E-state index < -0.39 is 0 Å². The van der Waals surface area contributed by atoms with E-state index in [0.29, 0.717) is 0 Å². The smallest absolute Gasteiger partial charge is 0.160 e. The Morgan fingerprint density at radius 3 is 2.94 bits per heavy atom. The number of ether oxygens (including phenoxy) is 1. The Balaban J connectivity index is 2.03. The molecule has 4 heteroatoms. The van der Waals surface area contributed by atoms with Crippen LogP contribution in [0.4, 0.5) is 10.7 Å². The molecule has 1 aliphatic heterocycles. The number of nitrogens with zero attached hydrogens (tertiary/aromatic N) is 1. The molecule has 92 valence electrons. The van der Waals surface area contributed by atoms with Gasteiger partial charge in [-0.2, -0.15) is 0 Å². The summed E-state index contributed by atoms with van der Waals surface area (Å²) in [7, 11) is 0. The van der Waals surface area contributed by atoms with Crippen molar-refractivity contribution in [2.24, 2.45) is 0 Å². The summed E-state index contributed by atoms with van der Waals surface area (Å²) in [6, 6.07) is 11.9. The van der Waals surface area contributed by atoms with E-state index in [4.69, 9.17) is 4.74 Å². The van der Waals surface area contributed by atoms with Crippen molar-refractivity contribution in [3.63, 3.8) is 0 Å². The Morgan fingerprint density at radius 1 is 1.22 bits per heavy atom. The Hall–Kier alpha value is -1.81. The first-order chi connectivity index (χ1) is 8.88. The maximum atomic E-state index is 10.8. The number of aldehydes is 1. The molecule has 0 saturated carbocycles. The predicted molar refractivity (Wildman–Crippen MR) is 73.3 cm³/mol. The molecule has 0 unspecified atom stereocenters. The summed E-state index contributed by atoms with van der Waals surface area (Å²) in [4.78, 5) is 13.8. The molecule has 1 aromatic carbocycles. The summed E-state index contributed by atoms with van der Waals surface area (Å²) in [6.07, 6.45) is 1.87. The summed E-state index contributed by atoms with van der Waals surface area (Å²) in [5, 5.41) is 1.09.